The van der Waals surface area contributed by atoms with Gasteiger partial charge >= 0.3 is 0 Å². The van der Waals surface area contributed by atoms with E-state index in [1.165, 1.54) is 6.26 Å². The fourth-order valence-electron chi connectivity index (χ4n) is 3.55. The monoisotopic (exact) mass is 332 g/mol. The minimum atomic E-state index is -3.17. The first-order valence-corrected chi connectivity index (χ1v) is 9.76. The van der Waals surface area contributed by atoms with E-state index in [9.17, 15) is 8.42 Å². The zero-order valence-corrected chi connectivity index (χ0v) is 15.2. The van der Waals surface area contributed by atoms with Crippen molar-refractivity contribution < 1.29 is 8.42 Å². The molecule has 0 radical (unpaired) electrons. The summed E-state index contributed by atoms with van der Waals surface area (Å²) in [5.74, 6) is 1.50. The predicted octanol–water partition coefficient (Wildman–Crippen LogP) is 3.64. The van der Waals surface area contributed by atoms with E-state index in [2.05, 4.69) is 37.2 Å². The van der Waals surface area contributed by atoms with Crippen molar-refractivity contribution in [2.45, 2.75) is 39.1 Å². The van der Waals surface area contributed by atoms with Crippen LogP contribution in [0.25, 0.3) is 11.4 Å². The Labute approximate surface area is 138 Å². The van der Waals surface area contributed by atoms with Gasteiger partial charge in [-0.05, 0) is 41.0 Å². The number of sulfone groups is 1. The highest BCUT2D eigenvalue weighted by Crippen LogP contribution is 2.68. The number of rotatable bonds is 4. The molecular formula is C18H24N2O2S. The van der Waals surface area contributed by atoms with Gasteiger partial charge in [0.2, 0.25) is 0 Å². The van der Waals surface area contributed by atoms with E-state index in [0.717, 1.165) is 17.9 Å². The van der Waals surface area contributed by atoms with Gasteiger partial charge in [0.05, 0.1) is 4.90 Å². The van der Waals surface area contributed by atoms with Crippen molar-refractivity contribution in [2.24, 2.45) is 16.7 Å². The maximum atomic E-state index is 11.6. The minimum absolute atomic E-state index is 0.328. The van der Waals surface area contributed by atoms with E-state index >= 15 is 0 Å². The van der Waals surface area contributed by atoms with Crippen LogP contribution in [0, 0.1) is 16.7 Å². The van der Waals surface area contributed by atoms with E-state index in [1.54, 1.807) is 12.1 Å². The van der Waals surface area contributed by atoms with Crippen molar-refractivity contribution in [2.75, 3.05) is 6.26 Å². The Morgan fingerprint density at radius 1 is 1.09 bits per heavy atom. The van der Waals surface area contributed by atoms with Crippen molar-refractivity contribution in [3.63, 3.8) is 0 Å². The molecule has 0 atom stereocenters. The average molecular weight is 332 g/mol. The smallest absolute Gasteiger partial charge is 0.175 e. The van der Waals surface area contributed by atoms with Crippen LogP contribution in [0.5, 0.6) is 0 Å². The summed E-state index contributed by atoms with van der Waals surface area (Å²) in [6.45, 7) is 10.2. The zero-order valence-electron chi connectivity index (χ0n) is 14.4. The lowest BCUT2D eigenvalue weighted by molar-refractivity contribution is 0.457. The highest BCUT2D eigenvalue weighted by Gasteiger charge is 2.64. The van der Waals surface area contributed by atoms with Crippen LogP contribution in [0.1, 0.15) is 27.7 Å². The Balaban J connectivity index is 1.88. The van der Waals surface area contributed by atoms with Crippen molar-refractivity contribution in [1.82, 2.24) is 9.55 Å². The first-order valence-electron chi connectivity index (χ1n) is 7.87. The van der Waals surface area contributed by atoms with Crippen molar-refractivity contribution >= 4 is 9.84 Å². The molecule has 0 N–H and O–H groups in total. The van der Waals surface area contributed by atoms with Crippen LogP contribution in [0.15, 0.2) is 41.6 Å². The number of benzene rings is 1. The van der Waals surface area contributed by atoms with Gasteiger partial charge in [0.15, 0.2) is 9.84 Å². The molecule has 124 valence electrons. The largest absolute Gasteiger partial charge is 0.331 e. The lowest BCUT2D eigenvalue weighted by Gasteiger charge is -2.10. The number of hydrogen-bond donors (Lipinski definition) is 0. The summed E-state index contributed by atoms with van der Waals surface area (Å²) in [4.78, 5) is 4.81. The molecule has 1 aromatic carbocycles. The molecule has 0 saturated heterocycles. The lowest BCUT2D eigenvalue weighted by Crippen LogP contribution is -2.05. The molecule has 1 heterocycles. The Bertz CT molecular complexity index is 816. The Hall–Kier alpha value is -1.62. The molecule has 4 nitrogen and oxygen atoms in total. The molecule has 3 rings (SSSR count). The molecule has 0 amide bonds. The quantitative estimate of drug-likeness (QED) is 0.859. The second-order valence-corrected chi connectivity index (χ2v) is 9.71. The van der Waals surface area contributed by atoms with Crippen LogP contribution in [-0.4, -0.2) is 24.2 Å². The molecule has 0 unspecified atom stereocenters. The summed E-state index contributed by atoms with van der Waals surface area (Å²) < 4.78 is 25.3. The fraction of sp³-hybridized carbons (Fsp3) is 0.500. The maximum Gasteiger partial charge on any atom is 0.175 e. The highest BCUT2D eigenvalue weighted by molar-refractivity contribution is 7.90. The molecule has 0 bridgehead atoms. The molecule has 1 aliphatic carbocycles. The number of hydrogen-bond acceptors (Lipinski definition) is 3. The molecule has 2 aromatic rings. The summed E-state index contributed by atoms with van der Waals surface area (Å²) in [6, 6.07) is 6.96. The lowest BCUT2D eigenvalue weighted by atomic mass is 10.0. The van der Waals surface area contributed by atoms with E-state index in [-0.39, 0.29) is 0 Å². The van der Waals surface area contributed by atoms with Crippen molar-refractivity contribution in [3.8, 4) is 11.4 Å². The van der Waals surface area contributed by atoms with Crippen molar-refractivity contribution in [1.29, 1.82) is 0 Å². The Morgan fingerprint density at radius 3 is 2.13 bits per heavy atom. The number of imidazole rings is 1. The Kier molecular flexibility index (Phi) is 3.49. The molecular weight excluding hydrogens is 308 g/mol. The summed E-state index contributed by atoms with van der Waals surface area (Å²) >= 11 is 0. The molecule has 0 spiro atoms. The summed E-state index contributed by atoms with van der Waals surface area (Å²) in [7, 11) is -3.17. The van der Waals surface area contributed by atoms with Crippen LogP contribution >= 0.6 is 0 Å². The fourth-order valence-corrected chi connectivity index (χ4v) is 4.18. The molecule has 1 aromatic heterocycles. The third-order valence-corrected chi connectivity index (χ3v) is 7.08. The first kappa shape index (κ1) is 16.2. The van der Waals surface area contributed by atoms with Crippen molar-refractivity contribution in [3.05, 3.63) is 36.7 Å². The molecule has 1 fully saturated rings. The summed E-state index contributed by atoms with van der Waals surface area (Å²) in [5, 5.41) is 0. The predicted molar refractivity (Wildman–Crippen MR) is 91.8 cm³/mol. The van der Waals surface area contributed by atoms with Gasteiger partial charge in [-0.1, -0.05) is 27.7 Å². The topological polar surface area (TPSA) is 52.0 Å². The van der Waals surface area contributed by atoms with Crippen LogP contribution in [-0.2, 0) is 16.4 Å². The van der Waals surface area contributed by atoms with E-state index < -0.39 is 9.84 Å². The molecule has 1 aliphatic rings. The van der Waals surface area contributed by atoms with Gasteiger partial charge < -0.3 is 4.57 Å². The highest BCUT2D eigenvalue weighted by atomic mass is 32.2. The average Bonchev–Trinajstić information content (AvgIpc) is 2.83. The van der Waals surface area contributed by atoms with Gasteiger partial charge in [-0.3, -0.25) is 0 Å². The molecule has 5 heteroatoms. The second kappa shape index (κ2) is 4.94. The van der Waals surface area contributed by atoms with Gasteiger partial charge in [-0.2, -0.15) is 0 Å². The van der Waals surface area contributed by atoms with Gasteiger partial charge in [0, 0.05) is 30.8 Å². The summed E-state index contributed by atoms with van der Waals surface area (Å²) in [6.07, 6.45) is 5.03. The van der Waals surface area contributed by atoms with Gasteiger partial charge in [-0.25, -0.2) is 13.4 Å². The number of aromatic nitrogens is 2. The number of nitrogens with zero attached hydrogens (tertiary/aromatic N) is 2. The standard InChI is InChI=1S/C18H24N2O2S/c1-17(2)15(18(17,3)4)12-20-11-10-19-16(20)13-6-8-14(9-7-13)23(5,21)22/h6-11,15H,12H2,1-5H3. The van der Waals surface area contributed by atoms with Crippen LogP contribution < -0.4 is 0 Å². The third-order valence-electron chi connectivity index (χ3n) is 5.96. The van der Waals surface area contributed by atoms with Crippen LogP contribution in [0.4, 0.5) is 0 Å². The molecule has 1 saturated carbocycles. The third kappa shape index (κ3) is 2.61. The summed E-state index contributed by atoms with van der Waals surface area (Å²) in [5.41, 5.74) is 1.60. The van der Waals surface area contributed by atoms with Gasteiger partial charge in [-0.15, -0.1) is 0 Å². The van der Waals surface area contributed by atoms with Gasteiger partial charge in [0.1, 0.15) is 5.82 Å². The normalized spacial score (nSPS) is 19.7. The minimum Gasteiger partial charge on any atom is -0.331 e. The SMILES string of the molecule is CC1(C)C(Cn2ccnc2-c2ccc(S(C)(=O)=O)cc2)C1(C)C. The van der Waals surface area contributed by atoms with Crippen LogP contribution in [0.2, 0.25) is 0 Å². The van der Waals surface area contributed by atoms with E-state index in [4.69, 9.17) is 0 Å². The van der Waals surface area contributed by atoms with Gasteiger partial charge in [0.25, 0.3) is 0 Å². The van der Waals surface area contributed by atoms with E-state index in [1.807, 2.05) is 24.5 Å². The maximum absolute atomic E-state index is 11.6. The second-order valence-electron chi connectivity index (χ2n) is 7.70. The Morgan fingerprint density at radius 2 is 1.65 bits per heavy atom. The van der Waals surface area contributed by atoms with Crippen LogP contribution in [0.3, 0.4) is 0 Å². The zero-order chi connectivity index (χ0) is 17.0. The molecule has 0 aliphatic heterocycles. The molecule has 23 heavy (non-hydrogen) atoms. The van der Waals surface area contributed by atoms with E-state index in [0.29, 0.717) is 21.6 Å². The first-order chi connectivity index (χ1) is 10.5.